The minimum atomic E-state index is 0.300. The van der Waals surface area contributed by atoms with E-state index in [0.717, 1.165) is 18.5 Å². The average Bonchev–Trinajstić information content (AvgIpc) is 2.30. The van der Waals surface area contributed by atoms with Crippen LogP contribution < -0.4 is 4.74 Å². The van der Waals surface area contributed by atoms with Gasteiger partial charge in [0.1, 0.15) is 11.5 Å². The van der Waals surface area contributed by atoms with Crippen LogP contribution in [0.5, 0.6) is 11.5 Å². The molecule has 1 aromatic rings. The number of benzene rings is 1. The summed E-state index contributed by atoms with van der Waals surface area (Å²) in [5.41, 5.74) is 0.934. The van der Waals surface area contributed by atoms with Gasteiger partial charge in [-0.15, -0.1) is 0 Å². The van der Waals surface area contributed by atoms with Gasteiger partial charge in [0.25, 0.3) is 0 Å². The van der Waals surface area contributed by atoms with Gasteiger partial charge in [-0.05, 0) is 26.5 Å². The van der Waals surface area contributed by atoms with E-state index in [2.05, 4.69) is 25.8 Å². The molecule has 0 amide bonds. The van der Waals surface area contributed by atoms with Crippen molar-refractivity contribution < 1.29 is 9.84 Å². The zero-order chi connectivity index (χ0) is 12.1. The average molecular weight is 223 g/mol. The van der Waals surface area contributed by atoms with Gasteiger partial charge >= 0.3 is 0 Å². The topological polar surface area (TPSA) is 32.7 Å². The van der Waals surface area contributed by atoms with E-state index in [1.165, 1.54) is 0 Å². The van der Waals surface area contributed by atoms with E-state index in [-0.39, 0.29) is 0 Å². The molecule has 0 aromatic heterocycles. The van der Waals surface area contributed by atoms with Crippen LogP contribution in [-0.2, 0) is 6.54 Å². The summed E-state index contributed by atoms with van der Waals surface area (Å²) in [6.07, 6.45) is 1.10. The molecule has 0 fully saturated rings. The number of ether oxygens (including phenoxy) is 1. The summed E-state index contributed by atoms with van der Waals surface area (Å²) in [6, 6.07) is 5.95. The molecule has 3 nitrogen and oxygen atoms in total. The summed E-state index contributed by atoms with van der Waals surface area (Å²) in [7, 11) is 3.66. The second-order valence-corrected chi connectivity index (χ2v) is 4.17. The highest BCUT2D eigenvalue weighted by Crippen LogP contribution is 2.24. The van der Waals surface area contributed by atoms with Gasteiger partial charge in [-0.2, -0.15) is 0 Å². The number of nitrogens with zero attached hydrogens (tertiary/aromatic N) is 1. The smallest absolute Gasteiger partial charge is 0.123 e. The molecule has 1 rings (SSSR count). The van der Waals surface area contributed by atoms with Crippen molar-refractivity contribution in [3.63, 3.8) is 0 Å². The van der Waals surface area contributed by atoms with E-state index in [1.807, 2.05) is 12.1 Å². The van der Waals surface area contributed by atoms with Crippen LogP contribution in [0.15, 0.2) is 18.2 Å². The van der Waals surface area contributed by atoms with Gasteiger partial charge in [0.15, 0.2) is 0 Å². The third kappa shape index (κ3) is 3.14. The summed E-state index contributed by atoms with van der Waals surface area (Å²) in [5.74, 6) is 0.988. The van der Waals surface area contributed by atoms with E-state index in [0.29, 0.717) is 17.5 Å². The quantitative estimate of drug-likeness (QED) is 0.833. The second kappa shape index (κ2) is 5.75. The molecule has 1 atom stereocenters. The van der Waals surface area contributed by atoms with Gasteiger partial charge in [-0.1, -0.05) is 13.0 Å². The Morgan fingerprint density at radius 2 is 2.12 bits per heavy atom. The zero-order valence-corrected chi connectivity index (χ0v) is 10.5. The molecule has 1 unspecified atom stereocenters. The molecule has 0 spiro atoms. The van der Waals surface area contributed by atoms with Gasteiger partial charge in [-0.25, -0.2) is 0 Å². The number of hydrogen-bond donors (Lipinski definition) is 1. The largest absolute Gasteiger partial charge is 0.507 e. The second-order valence-electron chi connectivity index (χ2n) is 4.17. The Bertz CT molecular complexity index is 339. The normalized spacial score (nSPS) is 12.8. The summed E-state index contributed by atoms with van der Waals surface area (Å²) >= 11 is 0. The third-order valence-electron chi connectivity index (χ3n) is 3.06. The lowest BCUT2D eigenvalue weighted by molar-refractivity contribution is 0.240. The van der Waals surface area contributed by atoms with Crippen LogP contribution in [0.3, 0.4) is 0 Å². The highest BCUT2D eigenvalue weighted by molar-refractivity contribution is 5.39. The van der Waals surface area contributed by atoms with Crippen LogP contribution >= 0.6 is 0 Å². The summed E-state index contributed by atoms with van der Waals surface area (Å²) in [6.45, 7) is 5.10. The van der Waals surface area contributed by atoms with Crippen molar-refractivity contribution in [3.8, 4) is 11.5 Å². The molecule has 16 heavy (non-hydrogen) atoms. The predicted molar refractivity (Wildman–Crippen MR) is 65.9 cm³/mol. The van der Waals surface area contributed by atoms with Crippen molar-refractivity contribution in [2.24, 2.45) is 0 Å². The highest BCUT2D eigenvalue weighted by Gasteiger charge is 2.10. The Kier molecular flexibility index (Phi) is 4.62. The molecule has 0 aliphatic rings. The zero-order valence-electron chi connectivity index (χ0n) is 10.5. The molecule has 0 aliphatic heterocycles. The standard InChI is InChI=1S/C13H21NO2/c1-5-10(2)14(3)9-11-6-7-12(16-4)8-13(11)15/h6-8,10,15H,5,9H2,1-4H3. The van der Waals surface area contributed by atoms with Crippen molar-refractivity contribution in [2.45, 2.75) is 32.9 Å². The Hall–Kier alpha value is -1.22. The first-order chi connectivity index (χ1) is 7.58. The molecule has 0 radical (unpaired) electrons. The fraction of sp³-hybridized carbons (Fsp3) is 0.538. The number of phenols is 1. The van der Waals surface area contributed by atoms with E-state index in [9.17, 15) is 5.11 Å². The van der Waals surface area contributed by atoms with Gasteiger partial charge in [0.2, 0.25) is 0 Å². The molecule has 0 bridgehead atoms. The Morgan fingerprint density at radius 3 is 2.62 bits per heavy atom. The molecule has 0 heterocycles. The molecule has 0 saturated carbocycles. The van der Waals surface area contributed by atoms with Gasteiger partial charge < -0.3 is 9.84 Å². The van der Waals surface area contributed by atoms with Crippen LogP contribution in [0.25, 0.3) is 0 Å². The van der Waals surface area contributed by atoms with E-state index in [1.54, 1.807) is 13.2 Å². The van der Waals surface area contributed by atoms with Gasteiger partial charge in [-0.3, -0.25) is 4.90 Å². The highest BCUT2D eigenvalue weighted by atomic mass is 16.5. The number of rotatable bonds is 5. The first kappa shape index (κ1) is 12.8. The monoisotopic (exact) mass is 223 g/mol. The van der Waals surface area contributed by atoms with Crippen molar-refractivity contribution in [1.29, 1.82) is 0 Å². The van der Waals surface area contributed by atoms with Crippen molar-refractivity contribution in [1.82, 2.24) is 4.90 Å². The first-order valence-electron chi connectivity index (χ1n) is 5.64. The number of methoxy groups -OCH3 is 1. The van der Waals surface area contributed by atoms with Gasteiger partial charge in [0.05, 0.1) is 7.11 Å². The SMILES string of the molecule is CCC(C)N(C)Cc1ccc(OC)cc1O. The maximum atomic E-state index is 9.82. The minimum Gasteiger partial charge on any atom is -0.507 e. The molecule has 1 N–H and O–H groups in total. The van der Waals surface area contributed by atoms with Gasteiger partial charge in [0, 0.05) is 24.2 Å². The molecule has 3 heteroatoms. The van der Waals surface area contributed by atoms with Crippen LogP contribution in [0.2, 0.25) is 0 Å². The Balaban J connectivity index is 2.74. The summed E-state index contributed by atoms with van der Waals surface area (Å²) in [5, 5.41) is 9.82. The maximum Gasteiger partial charge on any atom is 0.123 e. The molecule has 0 aliphatic carbocycles. The Labute approximate surface area is 97.7 Å². The van der Waals surface area contributed by atoms with Crippen LogP contribution in [0, 0.1) is 0 Å². The van der Waals surface area contributed by atoms with Crippen LogP contribution in [0.4, 0.5) is 0 Å². The number of phenolic OH excluding ortho intramolecular Hbond substituents is 1. The van der Waals surface area contributed by atoms with E-state index in [4.69, 9.17) is 4.74 Å². The molecule has 90 valence electrons. The van der Waals surface area contributed by atoms with Crippen molar-refractivity contribution in [3.05, 3.63) is 23.8 Å². The van der Waals surface area contributed by atoms with E-state index >= 15 is 0 Å². The fourth-order valence-electron chi connectivity index (χ4n) is 1.54. The van der Waals surface area contributed by atoms with Crippen molar-refractivity contribution >= 4 is 0 Å². The summed E-state index contributed by atoms with van der Waals surface area (Å²) < 4.78 is 5.05. The summed E-state index contributed by atoms with van der Waals surface area (Å²) in [4.78, 5) is 2.22. The first-order valence-corrected chi connectivity index (χ1v) is 5.64. The lowest BCUT2D eigenvalue weighted by atomic mass is 10.1. The third-order valence-corrected chi connectivity index (χ3v) is 3.06. The number of aromatic hydroxyl groups is 1. The maximum absolute atomic E-state index is 9.82. The predicted octanol–water partition coefficient (Wildman–Crippen LogP) is 2.63. The van der Waals surface area contributed by atoms with Crippen molar-refractivity contribution in [2.75, 3.05) is 14.2 Å². The lowest BCUT2D eigenvalue weighted by Crippen LogP contribution is -2.27. The lowest BCUT2D eigenvalue weighted by Gasteiger charge is -2.23. The molecule has 0 saturated heterocycles. The Morgan fingerprint density at radius 1 is 1.44 bits per heavy atom. The van der Waals surface area contributed by atoms with Crippen LogP contribution in [0.1, 0.15) is 25.8 Å². The fourth-order valence-corrected chi connectivity index (χ4v) is 1.54. The number of hydrogen-bond acceptors (Lipinski definition) is 3. The van der Waals surface area contributed by atoms with Crippen LogP contribution in [-0.4, -0.2) is 30.2 Å². The molecular formula is C13H21NO2. The molecule has 1 aromatic carbocycles. The molecular weight excluding hydrogens is 202 g/mol. The minimum absolute atomic E-state index is 0.300. The van der Waals surface area contributed by atoms with E-state index < -0.39 is 0 Å².